The van der Waals surface area contributed by atoms with Crippen molar-refractivity contribution >= 4 is 22.8 Å². The van der Waals surface area contributed by atoms with Gasteiger partial charge in [-0.15, -0.1) is 0 Å². The Morgan fingerprint density at radius 1 is 1.52 bits per heavy atom. The first-order valence-electron chi connectivity index (χ1n) is 8.85. The Bertz CT molecular complexity index is 869. The van der Waals surface area contributed by atoms with Crippen molar-refractivity contribution in [1.29, 1.82) is 5.26 Å². The monoisotopic (exact) mass is 376 g/mol. The maximum absolute atomic E-state index is 13.0. The molecule has 0 spiro atoms. The Balaban J connectivity index is 1.76. The Labute approximate surface area is 155 Å². The first kappa shape index (κ1) is 18.9. The number of aromatic amines is 1. The summed E-state index contributed by atoms with van der Waals surface area (Å²) in [4.78, 5) is 21.0. The van der Waals surface area contributed by atoms with Crippen LogP contribution in [0.1, 0.15) is 25.8 Å². The van der Waals surface area contributed by atoms with E-state index in [0.29, 0.717) is 30.0 Å². The van der Waals surface area contributed by atoms with Crippen LogP contribution >= 0.6 is 0 Å². The molecule has 7 nitrogen and oxygen atoms in total. The quantitative estimate of drug-likeness (QED) is 0.747. The third kappa shape index (κ3) is 4.10. The van der Waals surface area contributed by atoms with E-state index in [4.69, 9.17) is 0 Å². The number of carbonyl (C=O) groups excluding carboxylic acids is 1. The second-order valence-corrected chi connectivity index (χ2v) is 6.95. The van der Waals surface area contributed by atoms with Gasteiger partial charge in [0.05, 0.1) is 17.8 Å². The average Bonchev–Trinajstić information content (AvgIpc) is 3.26. The van der Waals surface area contributed by atoms with Gasteiger partial charge in [0.25, 0.3) is 5.92 Å². The van der Waals surface area contributed by atoms with Crippen molar-refractivity contribution in [2.75, 3.05) is 25.0 Å². The zero-order valence-electron chi connectivity index (χ0n) is 15.2. The summed E-state index contributed by atoms with van der Waals surface area (Å²) >= 11 is 0. The highest BCUT2D eigenvalue weighted by Gasteiger charge is 2.35. The lowest BCUT2D eigenvalue weighted by molar-refractivity contribution is 0.0241. The molecule has 2 aromatic rings. The van der Waals surface area contributed by atoms with E-state index in [1.54, 1.807) is 11.1 Å². The van der Waals surface area contributed by atoms with E-state index in [0.717, 1.165) is 18.7 Å². The number of aromatic nitrogens is 2. The van der Waals surface area contributed by atoms with Crippen LogP contribution in [-0.2, 0) is 0 Å². The summed E-state index contributed by atoms with van der Waals surface area (Å²) in [5, 5.41) is 15.9. The van der Waals surface area contributed by atoms with Crippen LogP contribution in [0, 0.1) is 17.2 Å². The van der Waals surface area contributed by atoms with Crippen LogP contribution in [0.3, 0.4) is 0 Å². The zero-order valence-corrected chi connectivity index (χ0v) is 15.2. The second-order valence-electron chi connectivity index (χ2n) is 6.95. The van der Waals surface area contributed by atoms with Crippen molar-refractivity contribution < 1.29 is 13.6 Å². The minimum atomic E-state index is -2.95. The average molecular weight is 376 g/mol. The van der Waals surface area contributed by atoms with E-state index in [1.165, 1.54) is 6.20 Å². The number of urea groups is 1. The lowest BCUT2D eigenvalue weighted by Crippen LogP contribution is -2.43. The predicted octanol–water partition coefficient (Wildman–Crippen LogP) is 2.92. The minimum absolute atomic E-state index is 0.0875. The number of carbonyl (C=O) groups is 1. The van der Waals surface area contributed by atoms with Crippen LogP contribution in [0.2, 0.25) is 0 Å². The van der Waals surface area contributed by atoms with Gasteiger partial charge in [-0.3, -0.25) is 0 Å². The van der Waals surface area contributed by atoms with E-state index in [1.807, 2.05) is 13.0 Å². The Morgan fingerprint density at radius 2 is 2.30 bits per heavy atom. The molecule has 0 radical (unpaired) electrons. The maximum Gasteiger partial charge on any atom is 0.317 e. The summed E-state index contributed by atoms with van der Waals surface area (Å²) in [6, 6.07) is 3.40. The van der Waals surface area contributed by atoms with Crippen molar-refractivity contribution in [3.8, 4) is 6.07 Å². The highest BCUT2D eigenvalue weighted by Crippen LogP contribution is 2.30. The van der Waals surface area contributed by atoms with Crippen molar-refractivity contribution in [3.63, 3.8) is 0 Å². The van der Waals surface area contributed by atoms with Gasteiger partial charge in [0, 0.05) is 43.8 Å². The molecular weight excluding hydrogens is 354 g/mol. The Hall–Kier alpha value is -2.89. The fourth-order valence-corrected chi connectivity index (χ4v) is 3.39. The van der Waals surface area contributed by atoms with E-state index < -0.39 is 18.5 Å². The van der Waals surface area contributed by atoms with E-state index in [9.17, 15) is 18.8 Å². The number of alkyl halides is 2. The normalized spacial score (nSPS) is 19.9. The summed E-state index contributed by atoms with van der Waals surface area (Å²) in [5.41, 5.74) is 1.77. The number of amides is 2. The van der Waals surface area contributed by atoms with Crippen molar-refractivity contribution in [3.05, 3.63) is 24.0 Å². The third-order valence-electron chi connectivity index (χ3n) is 4.84. The summed E-state index contributed by atoms with van der Waals surface area (Å²) in [6.07, 6.45) is 4.07. The molecule has 9 heteroatoms. The molecule has 3 N–H and O–H groups in total. The number of nitrogens with one attached hydrogen (secondary N) is 3. The number of hydrogen-bond acceptors (Lipinski definition) is 4. The number of rotatable bonds is 5. The number of fused-ring (bicyclic) bond motifs is 1. The lowest BCUT2D eigenvalue weighted by Gasteiger charge is -2.21. The molecule has 1 aliphatic rings. The fourth-order valence-electron chi connectivity index (χ4n) is 3.39. The molecule has 1 fully saturated rings. The van der Waals surface area contributed by atoms with Gasteiger partial charge >= 0.3 is 6.03 Å². The summed E-state index contributed by atoms with van der Waals surface area (Å²) in [6.45, 7) is 2.94. The van der Waals surface area contributed by atoms with Crippen LogP contribution in [0.4, 0.5) is 19.3 Å². The van der Waals surface area contributed by atoms with Gasteiger partial charge in [-0.05, 0) is 18.4 Å². The molecule has 3 heterocycles. The smallest absolute Gasteiger partial charge is 0.317 e. The minimum Gasteiger partial charge on any atom is -0.378 e. The number of H-pyrrole nitrogens is 1. The molecule has 3 rings (SSSR count). The van der Waals surface area contributed by atoms with E-state index in [-0.39, 0.29) is 12.0 Å². The number of anilines is 1. The van der Waals surface area contributed by atoms with E-state index >= 15 is 0 Å². The summed E-state index contributed by atoms with van der Waals surface area (Å²) < 4.78 is 26.0. The third-order valence-corrected chi connectivity index (χ3v) is 4.84. The number of nitrogens with zero attached hydrogens (tertiary/aromatic N) is 3. The maximum atomic E-state index is 13.0. The van der Waals surface area contributed by atoms with Gasteiger partial charge < -0.3 is 20.5 Å². The first-order valence-corrected chi connectivity index (χ1v) is 8.85. The number of hydrogen-bond donors (Lipinski definition) is 3. The van der Waals surface area contributed by atoms with Gasteiger partial charge in [0.2, 0.25) is 0 Å². The van der Waals surface area contributed by atoms with Crippen LogP contribution in [-0.4, -0.2) is 52.5 Å². The lowest BCUT2D eigenvalue weighted by atomic mass is 10.00. The van der Waals surface area contributed by atoms with Crippen molar-refractivity contribution in [1.82, 2.24) is 20.2 Å². The van der Waals surface area contributed by atoms with Crippen LogP contribution in [0.5, 0.6) is 0 Å². The molecular formula is C18H22F2N6O. The fraction of sp³-hybridized carbons (Fsp3) is 0.500. The zero-order chi connectivity index (χ0) is 19.6. The topological polar surface area (TPSA) is 96.8 Å². The summed E-state index contributed by atoms with van der Waals surface area (Å²) in [7, 11) is 0. The molecule has 0 bridgehead atoms. The molecule has 27 heavy (non-hydrogen) atoms. The molecule has 0 aliphatic carbocycles. The van der Waals surface area contributed by atoms with Crippen LogP contribution < -0.4 is 10.6 Å². The largest absolute Gasteiger partial charge is 0.378 e. The predicted molar refractivity (Wildman–Crippen MR) is 97.6 cm³/mol. The SMILES string of the molecule is CC[C@@H]1CN(C(=O)NCC(C)(F)F)C[C@@H]1Nc1c(C#N)cnc2[nH]ccc12. The van der Waals surface area contributed by atoms with Crippen molar-refractivity contribution in [2.24, 2.45) is 5.92 Å². The first-order chi connectivity index (χ1) is 12.8. The number of likely N-dealkylation sites (tertiary alicyclic amines) is 1. The second kappa shape index (κ2) is 7.39. The molecule has 2 aromatic heterocycles. The molecule has 144 valence electrons. The molecule has 0 saturated carbocycles. The van der Waals surface area contributed by atoms with Gasteiger partial charge in [-0.25, -0.2) is 18.6 Å². The molecule has 0 unspecified atom stereocenters. The molecule has 2 atom stereocenters. The highest BCUT2D eigenvalue weighted by molar-refractivity contribution is 5.92. The number of pyridine rings is 1. The highest BCUT2D eigenvalue weighted by atomic mass is 19.3. The standard InChI is InChI=1S/C18H22F2N6O/c1-3-11-8-26(17(27)24-10-18(2,19)20)9-14(11)25-15-12(6-21)7-23-16-13(15)4-5-22-16/h4-5,7,11,14H,3,8-10H2,1-2H3,(H,24,27)(H2,22,23,25)/t11-,14+/m1/s1. The number of nitriles is 1. The van der Waals surface area contributed by atoms with Gasteiger partial charge in [0.15, 0.2) is 0 Å². The Kier molecular flexibility index (Phi) is 5.17. The summed E-state index contributed by atoms with van der Waals surface area (Å²) in [5.74, 6) is -2.80. The van der Waals surface area contributed by atoms with E-state index in [2.05, 4.69) is 26.7 Å². The molecule has 0 aromatic carbocycles. The van der Waals surface area contributed by atoms with Crippen LogP contribution in [0.15, 0.2) is 18.5 Å². The van der Waals surface area contributed by atoms with Crippen molar-refractivity contribution in [2.45, 2.75) is 32.2 Å². The van der Waals surface area contributed by atoms with Gasteiger partial charge in [0.1, 0.15) is 11.7 Å². The molecule has 1 aliphatic heterocycles. The molecule has 1 saturated heterocycles. The molecule has 2 amide bonds. The number of halogens is 2. The Morgan fingerprint density at radius 3 is 2.96 bits per heavy atom. The van der Waals surface area contributed by atoms with Gasteiger partial charge in [-0.2, -0.15) is 5.26 Å². The van der Waals surface area contributed by atoms with Crippen LogP contribution in [0.25, 0.3) is 11.0 Å². The van der Waals surface area contributed by atoms with Gasteiger partial charge in [-0.1, -0.05) is 6.92 Å².